The third-order valence-corrected chi connectivity index (χ3v) is 6.79. The summed E-state index contributed by atoms with van der Waals surface area (Å²) in [4.78, 5) is 20.2. The highest BCUT2D eigenvalue weighted by Crippen LogP contribution is 2.23. The summed E-state index contributed by atoms with van der Waals surface area (Å²) in [6.07, 6.45) is 3.51. The number of amides is 1. The fourth-order valence-electron chi connectivity index (χ4n) is 4.68. The van der Waals surface area contributed by atoms with Crippen LogP contribution >= 0.6 is 11.6 Å². The Morgan fingerprint density at radius 2 is 1.85 bits per heavy atom. The van der Waals surface area contributed by atoms with Crippen molar-refractivity contribution < 1.29 is 4.79 Å². The number of hydrogen-bond donors (Lipinski definition) is 1. The number of benzene rings is 2. The van der Waals surface area contributed by atoms with Crippen molar-refractivity contribution in [1.82, 2.24) is 19.6 Å². The van der Waals surface area contributed by atoms with Crippen LogP contribution in [0.15, 0.2) is 60.8 Å². The topological polar surface area (TPSA) is 49.6 Å². The van der Waals surface area contributed by atoms with Gasteiger partial charge in [0.2, 0.25) is 0 Å². The van der Waals surface area contributed by atoms with Crippen molar-refractivity contribution in [3.63, 3.8) is 0 Å². The van der Waals surface area contributed by atoms with Gasteiger partial charge in [-0.1, -0.05) is 66.6 Å². The summed E-state index contributed by atoms with van der Waals surface area (Å²) in [5.41, 5.74) is 8.58. The van der Waals surface area contributed by atoms with Crippen LogP contribution in [0.1, 0.15) is 50.9 Å². The minimum atomic E-state index is -0.117. The van der Waals surface area contributed by atoms with Crippen molar-refractivity contribution in [3.8, 4) is 0 Å². The summed E-state index contributed by atoms with van der Waals surface area (Å²) in [7, 11) is 0. The molecular weight excluding hydrogens is 444 g/mol. The molecule has 0 bridgehead atoms. The van der Waals surface area contributed by atoms with Crippen molar-refractivity contribution >= 4 is 23.2 Å². The summed E-state index contributed by atoms with van der Waals surface area (Å²) in [5.74, 6) is -0.117. The number of nitrogens with zero attached hydrogens (tertiary/aromatic N) is 3. The minimum absolute atomic E-state index is 0.117. The molecule has 2 aromatic carbocycles. The molecule has 5 nitrogen and oxygen atoms in total. The van der Waals surface area contributed by atoms with Crippen LogP contribution in [0.4, 0.5) is 0 Å². The van der Waals surface area contributed by atoms with Gasteiger partial charge in [0.1, 0.15) is 11.3 Å². The van der Waals surface area contributed by atoms with E-state index in [0.717, 1.165) is 37.3 Å². The maximum Gasteiger partial charge on any atom is 0.270 e. The van der Waals surface area contributed by atoms with Crippen molar-refractivity contribution in [3.05, 3.63) is 105 Å². The molecule has 3 heterocycles. The molecule has 6 heteroatoms. The van der Waals surface area contributed by atoms with Gasteiger partial charge in [-0.05, 0) is 48.1 Å². The molecular formula is C28H29ClN4O. The quantitative estimate of drug-likeness (QED) is 0.411. The fraction of sp³-hybridized carbons (Fsp3) is 0.286. The lowest BCUT2D eigenvalue weighted by Crippen LogP contribution is -2.30. The van der Waals surface area contributed by atoms with E-state index in [9.17, 15) is 4.79 Å². The first-order valence-corrected chi connectivity index (χ1v) is 12.2. The van der Waals surface area contributed by atoms with Gasteiger partial charge in [-0.3, -0.25) is 14.1 Å². The molecule has 34 heavy (non-hydrogen) atoms. The van der Waals surface area contributed by atoms with Crippen LogP contribution in [0.25, 0.3) is 5.65 Å². The average Bonchev–Trinajstić information content (AvgIpc) is 3.21. The molecule has 0 saturated carbocycles. The highest BCUT2D eigenvalue weighted by atomic mass is 35.5. The summed E-state index contributed by atoms with van der Waals surface area (Å²) < 4.78 is 1.82. The lowest BCUT2D eigenvalue weighted by atomic mass is 9.96. The number of aromatic nitrogens is 2. The molecule has 1 aliphatic heterocycles. The van der Waals surface area contributed by atoms with Crippen molar-refractivity contribution in [1.29, 1.82) is 0 Å². The van der Waals surface area contributed by atoms with E-state index in [1.165, 1.54) is 22.3 Å². The van der Waals surface area contributed by atoms with Gasteiger partial charge in [0.05, 0.1) is 5.69 Å². The predicted octanol–water partition coefficient (Wildman–Crippen LogP) is 5.35. The van der Waals surface area contributed by atoms with Crippen molar-refractivity contribution in [2.75, 3.05) is 6.54 Å². The molecule has 0 saturated heterocycles. The Hall–Kier alpha value is -3.15. The number of rotatable bonds is 6. The molecule has 1 N–H and O–H groups in total. The number of hydrogen-bond acceptors (Lipinski definition) is 3. The summed E-state index contributed by atoms with van der Waals surface area (Å²) in [5, 5.41) is 3.70. The largest absolute Gasteiger partial charge is 0.347 e. The van der Waals surface area contributed by atoms with E-state index in [1.807, 2.05) is 11.3 Å². The van der Waals surface area contributed by atoms with Crippen LogP contribution in [0.2, 0.25) is 5.02 Å². The monoisotopic (exact) mass is 472 g/mol. The van der Waals surface area contributed by atoms with Crippen LogP contribution in [0.3, 0.4) is 0 Å². The van der Waals surface area contributed by atoms with Crippen molar-refractivity contribution in [2.45, 2.75) is 46.3 Å². The van der Waals surface area contributed by atoms with E-state index in [0.29, 0.717) is 29.3 Å². The zero-order valence-electron chi connectivity index (χ0n) is 19.6. The van der Waals surface area contributed by atoms with Gasteiger partial charge >= 0.3 is 0 Å². The number of pyridine rings is 1. The van der Waals surface area contributed by atoms with Gasteiger partial charge in [0.15, 0.2) is 0 Å². The second-order valence-corrected chi connectivity index (χ2v) is 9.50. The van der Waals surface area contributed by atoms with Gasteiger partial charge in [0, 0.05) is 43.5 Å². The third kappa shape index (κ3) is 4.72. The van der Waals surface area contributed by atoms with Gasteiger partial charge < -0.3 is 5.32 Å². The first-order valence-electron chi connectivity index (χ1n) is 11.8. The lowest BCUT2D eigenvalue weighted by molar-refractivity contribution is 0.0944. The Morgan fingerprint density at radius 1 is 1.06 bits per heavy atom. The Bertz CT molecular complexity index is 1340. The van der Waals surface area contributed by atoms with Crippen molar-refractivity contribution in [2.24, 2.45) is 0 Å². The Kier molecular flexibility index (Phi) is 6.40. The summed E-state index contributed by atoms with van der Waals surface area (Å²) >= 11 is 6.10. The first kappa shape index (κ1) is 22.6. The molecule has 4 aromatic rings. The van der Waals surface area contributed by atoms with Gasteiger partial charge in [-0.25, -0.2) is 4.98 Å². The van der Waals surface area contributed by atoms with Gasteiger partial charge in [-0.2, -0.15) is 0 Å². The van der Waals surface area contributed by atoms with E-state index in [4.69, 9.17) is 11.6 Å². The molecule has 174 valence electrons. The molecule has 0 aliphatic carbocycles. The number of halogens is 1. The van der Waals surface area contributed by atoms with Crippen LogP contribution in [-0.4, -0.2) is 26.7 Å². The first-order chi connectivity index (χ1) is 16.5. The molecule has 1 aliphatic rings. The molecule has 0 unspecified atom stereocenters. The lowest BCUT2D eigenvalue weighted by Gasteiger charge is -2.29. The van der Waals surface area contributed by atoms with Crippen LogP contribution in [0, 0.1) is 6.92 Å². The molecule has 5 rings (SSSR count). The summed E-state index contributed by atoms with van der Waals surface area (Å²) in [6, 6.07) is 18.9. The fourth-order valence-corrected chi connectivity index (χ4v) is 4.84. The van der Waals surface area contributed by atoms with E-state index >= 15 is 0 Å². The predicted molar refractivity (Wildman–Crippen MR) is 136 cm³/mol. The Labute approximate surface area is 205 Å². The molecule has 0 atom stereocenters. The SMILES string of the molecule is CCc1nc2cc(Cl)ccn2c1C(=O)NCc1ccc2c(c1)CCN(Cc1ccc(C)cc1)C2. The number of fused-ring (bicyclic) bond motifs is 2. The maximum absolute atomic E-state index is 13.1. The minimum Gasteiger partial charge on any atom is -0.347 e. The number of imidazole rings is 1. The highest BCUT2D eigenvalue weighted by molar-refractivity contribution is 6.30. The highest BCUT2D eigenvalue weighted by Gasteiger charge is 2.20. The number of aryl methyl sites for hydroxylation is 2. The van der Waals surface area contributed by atoms with E-state index in [-0.39, 0.29) is 5.91 Å². The number of nitrogens with one attached hydrogen (secondary N) is 1. The van der Waals surface area contributed by atoms with E-state index in [2.05, 4.69) is 64.6 Å². The standard InChI is InChI=1S/C28H29ClN4O/c1-3-25-27(33-13-11-24(29)15-26(33)31-25)28(34)30-16-21-8-9-23-18-32(12-10-22(23)14-21)17-20-6-4-19(2)5-7-20/h4-9,11,13-15H,3,10,12,16-18H2,1-2H3,(H,30,34). The average molecular weight is 473 g/mol. The van der Waals surface area contributed by atoms with Gasteiger partial charge in [0.25, 0.3) is 5.91 Å². The zero-order chi connectivity index (χ0) is 23.7. The van der Waals surface area contributed by atoms with E-state index in [1.54, 1.807) is 18.3 Å². The Balaban J connectivity index is 1.25. The second kappa shape index (κ2) is 9.61. The number of carbonyl (C=O) groups excluding carboxylic acids is 1. The second-order valence-electron chi connectivity index (χ2n) is 9.07. The van der Waals surface area contributed by atoms with Gasteiger partial charge in [-0.15, -0.1) is 0 Å². The summed E-state index contributed by atoms with van der Waals surface area (Å²) in [6.45, 7) is 7.59. The normalized spacial score (nSPS) is 13.7. The molecule has 0 fully saturated rings. The zero-order valence-corrected chi connectivity index (χ0v) is 20.4. The molecule has 2 aromatic heterocycles. The molecule has 0 radical (unpaired) electrons. The van der Waals surface area contributed by atoms with E-state index < -0.39 is 0 Å². The molecule has 0 spiro atoms. The smallest absolute Gasteiger partial charge is 0.270 e. The number of carbonyl (C=O) groups is 1. The van der Waals surface area contributed by atoms with Crippen LogP contribution < -0.4 is 5.32 Å². The van der Waals surface area contributed by atoms with Crippen LogP contribution in [-0.2, 0) is 32.5 Å². The van der Waals surface area contributed by atoms with Crippen LogP contribution in [0.5, 0.6) is 0 Å². The third-order valence-electron chi connectivity index (χ3n) is 6.55. The molecule has 1 amide bonds. The maximum atomic E-state index is 13.1. The Morgan fingerprint density at radius 3 is 2.65 bits per heavy atom.